The number of thiazole rings is 1. The van der Waals surface area contributed by atoms with Crippen LogP contribution >= 0.6 is 11.3 Å². The number of halogens is 2. The van der Waals surface area contributed by atoms with Crippen LogP contribution in [0.1, 0.15) is 5.56 Å². The summed E-state index contributed by atoms with van der Waals surface area (Å²) in [5, 5.41) is 9.71. The maximum Gasteiger partial charge on any atom is 0.388 e. The van der Waals surface area contributed by atoms with Crippen molar-refractivity contribution in [3.05, 3.63) is 42.1 Å². The zero-order chi connectivity index (χ0) is 19.7. The molecular weight excluding hydrogens is 388 g/mol. The van der Waals surface area contributed by atoms with Gasteiger partial charge in [0.15, 0.2) is 0 Å². The number of rotatable bonds is 6. The van der Waals surface area contributed by atoms with Crippen LogP contribution in [0.15, 0.2) is 36.5 Å². The summed E-state index contributed by atoms with van der Waals surface area (Å²) in [7, 11) is 0. The predicted octanol–water partition coefficient (Wildman–Crippen LogP) is 4.19. The summed E-state index contributed by atoms with van der Waals surface area (Å²) in [6.07, 6.45) is 1.18. The minimum Gasteiger partial charge on any atom is -0.490 e. The van der Waals surface area contributed by atoms with Gasteiger partial charge in [0.05, 0.1) is 34.1 Å². The molecule has 0 aliphatic rings. The van der Waals surface area contributed by atoms with E-state index in [9.17, 15) is 8.78 Å². The molecule has 6 nitrogen and oxygen atoms in total. The molecule has 1 N–H and O–H groups in total. The molecule has 28 heavy (non-hydrogen) atoms. The molecule has 0 spiro atoms. The Morgan fingerprint density at radius 2 is 2.04 bits per heavy atom. The summed E-state index contributed by atoms with van der Waals surface area (Å²) in [5.41, 5.74) is 3.39. The lowest BCUT2D eigenvalue weighted by Crippen LogP contribution is -2.04. The molecule has 0 radical (unpaired) electrons. The Bertz CT molecular complexity index is 1150. The minimum atomic E-state index is -2.96. The molecule has 4 rings (SSSR count). The van der Waals surface area contributed by atoms with Gasteiger partial charge in [0.2, 0.25) is 5.88 Å². The summed E-state index contributed by atoms with van der Waals surface area (Å²) in [5.74, 6) is 0.411. The quantitative estimate of drug-likeness (QED) is 0.520. The first-order valence-electron chi connectivity index (χ1n) is 8.41. The van der Waals surface area contributed by atoms with Gasteiger partial charge in [-0.25, -0.2) is 15.0 Å². The lowest BCUT2D eigenvalue weighted by Gasteiger charge is -2.07. The van der Waals surface area contributed by atoms with Crippen LogP contribution in [0.5, 0.6) is 11.6 Å². The second-order valence-corrected chi connectivity index (χ2v) is 6.96. The first kappa shape index (κ1) is 18.5. The highest BCUT2D eigenvalue weighted by Gasteiger charge is 2.16. The van der Waals surface area contributed by atoms with Crippen molar-refractivity contribution >= 4 is 32.6 Å². The second-order valence-electron chi connectivity index (χ2n) is 5.96. The Kier molecular flexibility index (Phi) is 5.01. The molecule has 4 aromatic rings. The van der Waals surface area contributed by atoms with Gasteiger partial charge in [-0.05, 0) is 36.8 Å². The van der Waals surface area contributed by atoms with Crippen molar-refractivity contribution in [1.82, 2.24) is 15.0 Å². The number of hydrogen-bond acceptors (Lipinski definition) is 7. The van der Waals surface area contributed by atoms with Crippen molar-refractivity contribution < 1.29 is 23.4 Å². The molecular formula is C19H15F2N3O3S. The van der Waals surface area contributed by atoms with Crippen LogP contribution in [0, 0.1) is 6.92 Å². The number of aromatic nitrogens is 3. The fourth-order valence-electron chi connectivity index (χ4n) is 2.87. The van der Waals surface area contributed by atoms with Gasteiger partial charge < -0.3 is 14.6 Å². The van der Waals surface area contributed by atoms with Crippen molar-refractivity contribution in [2.45, 2.75) is 13.5 Å². The SMILES string of the molecule is Cc1cc(-c2nc3cccc(OCCO)c3s2)c2ncc(OC(F)F)nc2c1. The summed E-state index contributed by atoms with van der Waals surface area (Å²) in [4.78, 5) is 13.1. The molecule has 0 fully saturated rings. The van der Waals surface area contributed by atoms with Gasteiger partial charge in [0.1, 0.15) is 17.4 Å². The fraction of sp³-hybridized carbons (Fsp3) is 0.211. The molecule has 0 unspecified atom stereocenters. The summed E-state index contributed by atoms with van der Waals surface area (Å²) in [6, 6.07) is 9.21. The smallest absolute Gasteiger partial charge is 0.388 e. The van der Waals surface area contributed by atoms with Crippen LogP contribution in [0.2, 0.25) is 0 Å². The van der Waals surface area contributed by atoms with E-state index in [2.05, 4.69) is 19.7 Å². The molecule has 0 aliphatic carbocycles. The van der Waals surface area contributed by atoms with Gasteiger partial charge in [0, 0.05) is 5.56 Å². The highest BCUT2D eigenvalue weighted by Crippen LogP contribution is 2.38. The molecule has 2 aromatic carbocycles. The van der Waals surface area contributed by atoms with Crippen molar-refractivity contribution in [1.29, 1.82) is 0 Å². The number of nitrogens with zero attached hydrogens (tertiary/aromatic N) is 3. The fourth-order valence-corrected chi connectivity index (χ4v) is 3.92. The Balaban J connectivity index is 1.84. The van der Waals surface area contributed by atoms with E-state index in [4.69, 9.17) is 9.84 Å². The Morgan fingerprint density at radius 3 is 2.82 bits per heavy atom. The average Bonchev–Trinajstić information content (AvgIpc) is 3.09. The van der Waals surface area contributed by atoms with E-state index >= 15 is 0 Å². The lowest BCUT2D eigenvalue weighted by atomic mass is 10.1. The molecule has 2 aromatic heterocycles. The van der Waals surface area contributed by atoms with Crippen LogP contribution < -0.4 is 9.47 Å². The Hall–Kier alpha value is -2.91. The number of ether oxygens (including phenoxy) is 2. The summed E-state index contributed by atoms with van der Waals surface area (Å²) in [6.45, 7) is -0.965. The normalized spacial score (nSPS) is 11.5. The van der Waals surface area contributed by atoms with Crippen LogP contribution in [0.3, 0.4) is 0 Å². The first-order valence-corrected chi connectivity index (χ1v) is 9.22. The molecule has 0 saturated carbocycles. The number of hydrogen-bond donors (Lipinski definition) is 1. The van der Waals surface area contributed by atoms with Crippen molar-refractivity contribution in [2.24, 2.45) is 0 Å². The summed E-state index contributed by atoms with van der Waals surface area (Å²) < 4.78 is 35.7. The molecule has 0 aliphatic heterocycles. The highest BCUT2D eigenvalue weighted by atomic mass is 32.1. The van der Waals surface area contributed by atoms with Gasteiger partial charge >= 0.3 is 6.61 Å². The van der Waals surface area contributed by atoms with Gasteiger partial charge in [-0.2, -0.15) is 8.78 Å². The van der Waals surface area contributed by atoms with E-state index in [1.165, 1.54) is 17.5 Å². The summed E-state index contributed by atoms with van der Waals surface area (Å²) >= 11 is 1.43. The predicted molar refractivity (Wildman–Crippen MR) is 102 cm³/mol. The minimum absolute atomic E-state index is 0.0802. The molecule has 0 saturated heterocycles. The van der Waals surface area contributed by atoms with Crippen LogP contribution in [0.25, 0.3) is 31.8 Å². The zero-order valence-corrected chi connectivity index (χ0v) is 15.5. The van der Waals surface area contributed by atoms with E-state index in [1.807, 2.05) is 31.2 Å². The van der Waals surface area contributed by atoms with Crippen molar-refractivity contribution in [3.63, 3.8) is 0 Å². The van der Waals surface area contributed by atoms with Gasteiger partial charge in [-0.15, -0.1) is 11.3 Å². The van der Waals surface area contributed by atoms with E-state index < -0.39 is 6.61 Å². The zero-order valence-electron chi connectivity index (χ0n) is 14.7. The van der Waals surface area contributed by atoms with Gasteiger partial charge in [-0.3, -0.25) is 0 Å². The molecule has 144 valence electrons. The second kappa shape index (κ2) is 7.61. The van der Waals surface area contributed by atoms with Gasteiger partial charge in [-0.1, -0.05) is 6.07 Å². The van der Waals surface area contributed by atoms with E-state index in [-0.39, 0.29) is 19.1 Å². The maximum absolute atomic E-state index is 12.5. The highest BCUT2D eigenvalue weighted by molar-refractivity contribution is 7.22. The Labute approximate surface area is 162 Å². The molecule has 0 bridgehead atoms. The van der Waals surface area contributed by atoms with Crippen molar-refractivity contribution in [2.75, 3.05) is 13.2 Å². The topological polar surface area (TPSA) is 77.4 Å². The number of alkyl halides is 2. The monoisotopic (exact) mass is 403 g/mol. The van der Waals surface area contributed by atoms with Crippen LogP contribution in [0.4, 0.5) is 8.78 Å². The number of aliphatic hydroxyl groups excluding tert-OH is 1. The number of aryl methyl sites for hydroxylation is 1. The maximum atomic E-state index is 12.5. The van der Waals surface area contributed by atoms with Crippen molar-refractivity contribution in [3.8, 4) is 22.2 Å². The first-order chi connectivity index (χ1) is 13.5. The molecule has 9 heteroatoms. The van der Waals surface area contributed by atoms with E-state index in [0.29, 0.717) is 21.8 Å². The van der Waals surface area contributed by atoms with Crippen LogP contribution in [-0.4, -0.2) is 39.9 Å². The third-order valence-corrected chi connectivity index (χ3v) is 5.06. The lowest BCUT2D eigenvalue weighted by molar-refractivity contribution is -0.0528. The number of benzene rings is 2. The molecule has 2 heterocycles. The number of aliphatic hydroxyl groups is 1. The molecule has 0 atom stereocenters. The third-order valence-electron chi connectivity index (χ3n) is 3.94. The number of fused-ring (bicyclic) bond motifs is 2. The Morgan fingerprint density at radius 1 is 1.18 bits per heavy atom. The van der Waals surface area contributed by atoms with Crippen LogP contribution in [-0.2, 0) is 0 Å². The molecule has 0 amide bonds. The van der Waals surface area contributed by atoms with E-state index in [1.54, 1.807) is 6.07 Å². The van der Waals surface area contributed by atoms with Gasteiger partial charge in [0.25, 0.3) is 0 Å². The third kappa shape index (κ3) is 3.58. The van der Waals surface area contributed by atoms with E-state index in [0.717, 1.165) is 21.3 Å². The largest absolute Gasteiger partial charge is 0.490 e. The average molecular weight is 403 g/mol. The standard InChI is InChI=1S/C19H15F2N3O3S/c1-10-7-11(16-13(8-10)23-15(9-22-16)27-19(20)21)18-24-12-3-2-4-14(17(12)28-18)26-6-5-25/h2-4,7-9,19,25H,5-6H2,1H3.